The molecule has 110 valence electrons. The second-order valence-electron chi connectivity index (χ2n) is 5.20. The van der Waals surface area contributed by atoms with Crippen molar-refractivity contribution in [1.29, 1.82) is 5.26 Å². The van der Waals surface area contributed by atoms with Crippen molar-refractivity contribution in [3.63, 3.8) is 0 Å². The molecule has 1 atom stereocenters. The molecule has 0 bridgehead atoms. The van der Waals surface area contributed by atoms with Gasteiger partial charge in [0.05, 0.1) is 12.7 Å². The summed E-state index contributed by atoms with van der Waals surface area (Å²) in [5, 5.41) is 12.2. The van der Waals surface area contributed by atoms with Gasteiger partial charge < -0.3 is 19.4 Å². The van der Waals surface area contributed by atoms with Gasteiger partial charge in [0, 0.05) is 33.0 Å². The van der Waals surface area contributed by atoms with E-state index in [1.807, 2.05) is 23.9 Å². The number of hydrogen-bond donors (Lipinski definition) is 1. The summed E-state index contributed by atoms with van der Waals surface area (Å²) in [5.41, 5.74) is 1.84. The minimum atomic E-state index is 0.316. The van der Waals surface area contributed by atoms with Crippen LogP contribution in [0.2, 0.25) is 0 Å². The first-order chi connectivity index (χ1) is 9.79. The fraction of sp³-hybridized carbons (Fsp3) is 0.667. The number of rotatable bonds is 8. The van der Waals surface area contributed by atoms with Gasteiger partial charge in [-0.05, 0) is 37.4 Å². The van der Waals surface area contributed by atoms with Gasteiger partial charge in [0.15, 0.2) is 0 Å². The Hall–Kier alpha value is -1.35. The molecule has 0 aromatic carbocycles. The quantitative estimate of drug-likeness (QED) is 0.733. The highest BCUT2D eigenvalue weighted by Gasteiger charge is 2.14. The van der Waals surface area contributed by atoms with Crippen molar-refractivity contribution in [2.75, 3.05) is 26.4 Å². The van der Waals surface area contributed by atoms with Gasteiger partial charge in [0.25, 0.3) is 0 Å². The molecule has 1 aromatic rings. The zero-order valence-corrected chi connectivity index (χ0v) is 12.1. The van der Waals surface area contributed by atoms with E-state index in [4.69, 9.17) is 14.7 Å². The molecule has 5 heteroatoms. The maximum absolute atomic E-state index is 8.87. The summed E-state index contributed by atoms with van der Waals surface area (Å²) >= 11 is 0. The first-order valence-electron chi connectivity index (χ1n) is 7.25. The van der Waals surface area contributed by atoms with Crippen LogP contribution in [0.4, 0.5) is 0 Å². The molecule has 0 amide bonds. The number of ether oxygens (including phenoxy) is 2. The number of hydrogen-bond acceptors (Lipinski definition) is 4. The Morgan fingerprint density at radius 2 is 2.50 bits per heavy atom. The van der Waals surface area contributed by atoms with Gasteiger partial charge in [-0.15, -0.1) is 0 Å². The van der Waals surface area contributed by atoms with E-state index in [2.05, 4.69) is 11.4 Å². The average molecular weight is 277 g/mol. The molecule has 1 aliphatic rings. The Kier molecular flexibility index (Phi) is 6.06. The van der Waals surface area contributed by atoms with Crippen molar-refractivity contribution >= 4 is 0 Å². The van der Waals surface area contributed by atoms with Crippen LogP contribution in [0.25, 0.3) is 0 Å². The van der Waals surface area contributed by atoms with Crippen LogP contribution >= 0.6 is 0 Å². The lowest BCUT2D eigenvalue weighted by Gasteiger charge is -2.10. The monoisotopic (exact) mass is 277 g/mol. The Morgan fingerprint density at radius 3 is 3.20 bits per heavy atom. The molecular formula is C15H23N3O2. The van der Waals surface area contributed by atoms with Gasteiger partial charge in [0.2, 0.25) is 0 Å². The summed E-state index contributed by atoms with van der Waals surface area (Å²) in [6.07, 6.45) is 5.59. The van der Waals surface area contributed by atoms with Gasteiger partial charge in [-0.1, -0.05) is 0 Å². The van der Waals surface area contributed by atoms with E-state index in [9.17, 15) is 0 Å². The summed E-state index contributed by atoms with van der Waals surface area (Å²) in [5.74, 6) is 0. The van der Waals surface area contributed by atoms with Crippen molar-refractivity contribution in [2.45, 2.75) is 31.9 Å². The van der Waals surface area contributed by atoms with Crippen molar-refractivity contribution in [3.05, 3.63) is 23.5 Å². The van der Waals surface area contributed by atoms with E-state index in [-0.39, 0.29) is 0 Å². The van der Waals surface area contributed by atoms with Crippen LogP contribution in [0.1, 0.15) is 30.5 Å². The number of nitrogens with one attached hydrogen (secondary N) is 1. The third kappa shape index (κ3) is 4.64. The van der Waals surface area contributed by atoms with Crippen molar-refractivity contribution in [2.24, 2.45) is 7.05 Å². The molecule has 0 aliphatic carbocycles. The van der Waals surface area contributed by atoms with Gasteiger partial charge in [-0.25, -0.2) is 0 Å². The maximum Gasteiger partial charge on any atom is 0.120 e. The molecule has 1 N–H and O–H groups in total. The smallest absolute Gasteiger partial charge is 0.120 e. The van der Waals surface area contributed by atoms with Crippen molar-refractivity contribution in [1.82, 2.24) is 9.88 Å². The molecule has 1 aliphatic heterocycles. The van der Waals surface area contributed by atoms with Crippen molar-refractivity contribution < 1.29 is 9.47 Å². The highest BCUT2D eigenvalue weighted by Crippen LogP contribution is 2.11. The molecule has 1 saturated heterocycles. The fourth-order valence-corrected chi connectivity index (χ4v) is 2.36. The van der Waals surface area contributed by atoms with Gasteiger partial charge in [-0.2, -0.15) is 5.26 Å². The molecule has 5 nitrogen and oxygen atoms in total. The van der Waals surface area contributed by atoms with E-state index in [0.29, 0.717) is 11.8 Å². The summed E-state index contributed by atoms with van der Waals surface area (Å²) in [6.45, 7) is 4.09. The standard InChI is InChI=1S/C15H23N3O2/c1-18-11-13(8-14(18)9-16)10-17-5-3-6-19-12-15-4-2-7-20-15/h8,11,15,17H,2-7,10,12H2,1H3. The summed E-state index contributed by atoms with van der Waals surface area (Å²) in [6, 6.07) is 4.08. The lowest BCUT2D eigenvalue weighted by atomic mass is 10.2. The summed E-state index contributed by atoms with van der Waals surface area (Å²) < 4.78 is 12.9. The third-order valence-electron chi connectivity index (χ3n) is 3.48. The highest BCUT2D eigenvalue weighted by atomic mass is 16.5. The zero-order chi connectivity index (χ0) is 14.2. The third-order valence-corrected chi connectivity index (χ3v) is 3.48. The van der Waals surface area contributed by atoms with Crippen LogP contribution in [0.5, 0.6) is 0 Å². The van der Waals surface area contributed by atoms with E-state index in [1.165, 1.54) is 0 Å². The van der Waals surface area contributed by atoms with Gasteiger partial charge in [-0.3, -0.25) is 0 Å². The maximum atomic E-state index is 8.87. The van der Waals surface area contributed by atoms with Crippen LogP contribution in [0.15, 0.2) is 12.3 Å². The zero-order valence-electron chi connectivity index (χ0n) is 12.1. The average Bonchev–Trinajstić information content (AvgIpc) is 3.07. The van der Waals surface area contributed by atoms with E-state index < -0.39 is 0 Å². The number of nitriles is 1. The van der Waals surface area contributed by atoms with Gasteiger partial charge in [0.1, 0.15) is 11.8 Å². The topological polar surface area (TPSA) is 59.2 Å². The SMILES string of the molecule is Cn1cc(CNCCCOCC2CCCO2)cc1C#N. The minimum absolute atomic E-state index is 0.316. The molecule has 20 heavy (non-hydrogen) atoms. The molecule has 0 radical (unpaired) electrons. The Balaban J connectivity index is 1.49. The molecule has 1 unspecified atom stereocenters. The normalized spacial score (nSPS) is 18.3. The minimum Gasteiger partial charge on any atom is -0.379 e. The van der Waals surface area contributed by atoms with Crippen LogP contribution in [0.3, 0.4) is 0 Å². The van der Waals surface area contributed by atoms with E-state index in [1.54, 1.807) is 0 Å². The first kappa shape index (κ1) is 15.0. The predicted molar refractivity (Wildman–Crippen MR) is 76.2 cm³/mol. The second kappa shape index (κ2) is 8.05. The lowest BCUT2D eigenvalue weighted by Crippen LogP contribution is -2.18. The van der Waals surface area contributed by atoms with E-state index in [0.717, 1.165) is 57.7 Å². The fourth-order valence-electron chi connectivity index (χ4n) is 2.36. The van der Waals surface area contributed by atoms with Crippen LogP contribution in [0, 0.1) is 11.3 Å². The molecule has 1 aromatic heterocycles. The van der Waals surface area contributed by atoms with Gasteiger partial charge >= 0.3 is 0 Å². The largest absolute Gasteiger partial charge is 0.379 e. The number of aryl methyl sites for hydroxylation is 1. The number of nitrogens with zero attached hydrogens (tertiary/aromatic N) is 2. The Bertz CT molecular complexity index is 444. The second-order valence-corrected chi connectivity index (χ2v) is 5.20. The molecule has 0 saturated carbocycles. The highest BCUT2D eigenvalue weighted by molar-refractivity contribution is 5.28. The summed E-state index contributed by atoms with van der Waals surface area (Å²) in [7, 11) is 1.89. The predicted octanol–water partition coefficient (Wildman–Crippen LogP) is 1.57. The molecular weight excluding hydrogens is 254 g/mol. The number of aromatic nitrogens is 1. The van der Waals surface area contributed by atoms with Crippen molar-refractivity contribution in [3.8, 4) is 6.07 Å². The first-order valence-corrected chi connectivity index (χ1v) is 7.25. The molecule has 1 fully saturated rings. The van der Waals surface area contributed by atoms with Crippen LogP contribution in [-0.2, 0) is 23.1 Å². The van der Waals surface area contributed by atoms with E-state index >= 15 is 0 Å². The molecule has 2 heterocycles. The Labute approximate surface area is 120 Å². The summed E-state index contributed by atoms with van der Waals surface area (Å²) in [4.78, 5) is 0. The van der Waals surface area contributed by atoms with Crippen LogP contribution in [-0.4, -0.2) is 37.0 Å². The molecule has 2 rings (SSSR count). The Morgan fingerprint density at radius 1 is 1.60 bits per heavy atom. The van der Waals surface area contributed by atoms with Crippen LogP contribution < -0.4 is 5.32 Å². The molecule has 0 spiro atoms. The lowest BCUT2D eigenvalue weighted by molar-refractivity contribution is 0.0166.